The van der Waals surface area contributed by atoms with Gasteiger partial charge >= 0.3 is 0 Å². The molecule has 0 aromatic heterocycles. The second-order valence-electron chi connectivity index (χ2n) is 8.94. The summed E-state index contributed by atoms with van der Waals surface area (Å²) in [5.41, 5.74) is 4.07. The van der Waals surface area contributed by atoms with Crippen LogP contribution in [0.15, 0.2) is 0 Å². The first-order chi connectivity index (χ1) is 13.7. The van der Waals surface area contributed by atoms with Crippen LogP contribution in [0, 0.1) is 0 Å². The zero-order valence-corrected chi connectivity index (χ0v) is 20.7. The van der Waals surface area contributed by atoms with Gasteiger partial charge in [-0.15, -0.1) is 0 Å². The Kier molecular flexibility index (Phi) is 12.0. The van der Waals surface area contributed by atoms with Crippen molar-refractivity contribution in [3.8, 4) is 0 Å². The molecule has 2 atom stereocenters. The molecule has 0 heterocycles. The van der Waals surface area contributed by atoms with Crippen LogP contribution in [0.1, 0.15) is 60.3 Å². The molecule has 3 amide bonds. The molecular weight excluding hydrogens is 406 g/mol. The lowest BCUT2D eigenvalue weighted by Crippen LogP contribution is -2.56. The van der Waals surface area contributed by atoms with Gasteiger partial charge in [0.05, 0.1) is 11.2 Å². The van der Waals surface area contributed by atoms with Gasteiger partial charge in [0, 0.05) is 39.8 Å². The van der Waals surface area contributed by atoms with Crippen molar-refractivity contribution in [2.24, 2.45) is 5.73 Å². The lowest BCUT2D eigenvalue weighted by atomic mass is 9.97. The van der Waals surface area contributed by atoms with Gasteiger partial charge in [-0.25, -0.2) is 0 Å². The van der Waals surface area contributed by atoms with Crippen molar-refractivity contribution in [3.05, 3.63) is 0 Å². The first kappa shape index (κ1) is 28.7. The van der Waals surface area contributed by atoms with Crippen molar-refractivity contribution in [2.75, 3.05) is 32.7 Å². The van der Waals surface area contributed by atoms with Crippen LogP contribution in [0.25, 0.3) is 0 Å². The molecule has 0 aromatic carbocycles. The highest BCUT2D eigenvalue weighted by atomic mass is 32.2. The smallest absolute Gasteiger partial charge is 0.246 e. The summed E-state index contributed by atoms with van der Waals surface area (Å²) in [5.74, 6) is -0.0341. The number of carbonyl (C=O) groups is 3. The molecule has 176 valence electrons. The van der Waals surface area contributed by atoms with E-state index in [2.05, 4.69) is 0 Å². The van der Waals surface area contributed by atoms with Gasteiger partial charge in [0.1, 0.15) is 12.1 Å². The maximum atomic E-state index is 13.3. The van der Waals surface area contributed by atoms with Gasteiger partial charge in [-0.05, 0) is 46.3 Å². The van der Waals surface area contributed by atoms with E-state index in [1.54, 1.807) is 39.8 Å². The molecule has 0 aromatic rings. The number of amides is 3. The topological polar surface area (TPSA) is 113 Å². The number of rotatable bonds is 14. The average molecular weight is 448 g/mol. The number of aliphatic hydroxyl groups is 1. The van der Waals surface area contributed by atoms with Crippen LogP contribution in [-0.4, -0.2) is 88.6 Å². The number of methoxy groups -OCH3 is 1. The van der Waals surface area contributed by atoms with Gasteiger partial charge in [-0.1, -0.05) is 6.92 Å². The quantitative estimate of drug-likeness (QED) is 0.391. The van der Waals surface area contributed by atoms with E-state index in [-0.39, 0.29) is 23.8 Å². The van der Waals surface area contributed by atoms with E-state index >= 15 is 0 Å². The highest BCUT2D eigenvalue weighted by molar-refractivity contribution is 7.99. The molecule has 0 unspecified atom stereocenters. The fourth-order valence-electron chi connectivity index (χ4n) is 2.82. The highest BCUT2D eigenvalue weighted by Gasteiger charge is 2.36. The number of hydrogen-bond acceptors (Lipinski definition) is 6. The number of carbonyl (C=O) groups excluding carboxylic acids is 3. The molecule has 0 rings (SSSR count). The molecule has 0 aliphatic rings. The maximum absolute atomic E-state index is 13.3. The molecule has 0 saturated carbocycles. The van der Waals surface area contributed by atoms with Crippen molar-refractivity contribution in [1.29, 1.82) is 0 Å². The Labute approximate surface area is 185 Å². The molecule has 0 bridgehead atoms. The van der Waals surface area contributed by atoms with Gasteiger partial charge in [-0.2, -0.15) is 11.8 Å². The average Bonchev–Trinajstić information content (AvgIpc) is 2.63. The van der Waals surface area contributed by atoms with Crippen LogP contribution in [0.3, 0.4) is 0 Å². The summed E-state index contributed by atoms with van der Waals surface area (Å²) in [4.78, 5) is 40.4. The fourth-order valence-corrected chi connectivity index (χ4v) is 4.21. The van der Waals surface area contributed by atoms with E-state index in [4.69, 9.17) is 10.5 Å². The Morgan fingerprint density at radius 1 is 1.10 bits per heavy atom. The summed E-state index contributed by atoms with van der Waals surface area (Å²) in [7, 11) is 4.77. The van der Waals surface area contributed by atoms with Crippen molar-refractivity contribution >= 4 is 29.5 Å². The fraction of sp³-hybridized carbons (Fsp3) is 0.857. The molecule has 0 saturated heterocycles. The summed E-state index contributed by atoms with van der Waals surface area (Å²) in [6.07, 6.45) is 1.82. The van der Waals surface area contributed by atoms with Crippen molar-refractivity contribution < 1.29 is 24.2 Å². The number of primary amides is 1. The lowest BCUT2D eigenvalue weighted by molar-refractivity contribution is -0.147. The van der Waals surface area contributed by atoms with Crippen LogP contribution in [-0.2, 0) is 19.1 Å². The van der Waals surface area contributed by atoms with Crippen LogP contribution in [0.5, 0.6) is 0 Å². The molecule has 0 radical (unpaired) electrons. The predicted molar refractivity (Wildman–Crippen MR) is 121 cm³/mol. The van der Waals surface area contributed by atoms with Crippen molar-refractivity contribution in [2.45, 2.75) is 83.6 Å². The molecule has 0 spiro atoms. The Balaban J connectivity index is 5.46. The Bertz CT molecular complexity index is 577. The first-order valence-corrected chi connectivity index (χ1v) is 11.5. The Hall–Kier alpha value is -1.32. The SMILES string of the molecule is CCCC(=O)N(C)[C@H](CSCCC(C)(C)OC)C(=O)N(C)[C@@H](CC(C)(C)O)C(N)=O. The summed E-state index contributed by atoms with van der Waals surface area (Å²) < 4.78 is 5.42. The molecule has 0 aliphatic heterocycles. The molecule has 8 nitrogen and oxygen atoms in total. The summed E-state index contributed by atoms with van der Waals surface area (Å²) in [5, 5.41) is 10.1. The minimum absolute atomic E-state index is 0.0130. The van der Waals surface area contributed by atoms with Crippen LogP contribution in [0.4, 0.5) is 0 Å². The highest BCUT2D eigenvalue weighted by Crippen LogP contribution is 2.21. The number of thioether (sulfide) groups is 1. The second kappa shape index (κ2) is 12.5. The summed E-state index contributed by atoms with van der Waals surface area (Å²) >= 11 is 1.56. The van der Waals surface area contributed by atoms with E-state index in [0.717, 1.165) is 12.2 Å². The number of likely N-dealkylation sites (N-methyl/N-ethyl adjacent to an activating group) is 2. The predicted octanol–water partition coefficient (Wildman–Crippen LogP) is 1.64. The van der Waals surface area contributed by atoms with E-state index in [9.17, 15) is 19.5 Å². The van der Waals surface area contributed by atoms with Gasteiger partial charge < -0.3 is 25.4 Å². The summed E-state index contributed by atoms with van der Waals surface area (Å²) in [6.45, 7) is 9.01. The van der Waals surface area contributed by atoms with E-state index < -0.39 is 23.6 Å². The van der Waals surface area contributed by atoms with Crippen LogP contribution < -0.4 is 5.73 Å². The van der Waals surface area contributed by atoms with Gasteiger partial charge in [0.2, 0.25) is 17.7 Å². The molecule has 0 fully saturated rings. The largest absolute Gasteiger partial charge is 0.390 e. The van der Waals surface area contributed by atoms with Gasteiger partial charge in [0.15, 0.2) is 0 Å². The Morgan fingerprint density at radius 3 is 2.10 bits per heavy atom. The van der Waals surface area contributed by atoms with Crippen molar-refractivity contribution in [1.82, 2.24) is 9.80 Å². The van der Waals surface area contributed by atoms with Gasteiger partial charge in [0.25, 0.3) is 0 Å². The van der Waals surface area contributed by atoms with Crippen molar-refractivity contribution in [3.63, 3.8) is 0 Å². The molecular formula is C21H41N3O5S. The number of nitrogens with zero attached hydrogens (tertiary/aromatic N) is 2. The second-order valence-corrected chi connectivity index (χ2v) is 10.1. The number of hydrogen-bond donors (Lipinski definition) is 2. The third kappa shape index (κ3) is 10.1. The first-order valence-electron chi connectivity index (χ1n) is 10.3. The molecule has 9 heteroatoms. The maximum Gasteiger partial charge on any atom is 0.246 e. The van der Waals surface area contributed by atoms with Crippen LogP contribution in [0.2, 0.25) is 0 Å². The van der Waals surface area contributed by atoms with E-state index in [1.165, 1.54) is 16.8 Å². The van der Waals surface area contributed by atoms with E-state index in [0.29, 0.717) is 18.6 Å². The normalized spacial score (nSPS) is 14.2. The Morgan fingerprint density at radius 2 is 1.67 bits per heavy atom. The third-order valence-corrected chi connectivity index (χ3v) is 6.17. The monoisotopic (exact) mass is 447 g/mol. The van der Waals surface area contributed by atoms with Crippen LogP contribution >= 0.6 is 11.8 Å². The lowest BCUT2D eigenvalue weighted by Gasteiger charge is -2.35. The molecule has 0 aliphatic carbocycles. The third-order valence-electron chi connectivity index (χ3n) is 5.12. The van der Waals surface area contributed by atoms with E-state index in [1.807, 2.05) is 20.8 Å². The number of ether oxygens (including phenoxy) is 1. The summed E-state index contributed by atoms with van der Waals surface area (Å²) in [6, 6.07) is -1.69. The van der Waals surface area contributed by atoms with Gasteiger partial charge in [-0.3, -0.25) is 14.4 Å². The standard InChI is InChI=1S/C21H41N3O5S/c1-9-10-17(25)23(6)16(14-30-12-11-21(4,5)29-8)19(27)24(7)15(18(22)26)13-20(2,3)28/h15-16,28H,9-14H2,1-8H3,(H2,22,26)/t15-,16+/m0/s1. The zero-order chi connectivity index (χ0) is 23.7. The number of nitrogens with two attached hydrogens (primary N) is 1. The molecule has 3 N–H and O–H groups in total. The minimum atomic E-state index is -1.17. The molecule has 30 heavy (non-hydrogen) atoms. The zero-order valence-electron chi connectivity index (χ0n) is 19.9. The minimum Gasteiger partial charge on any atom is -0.390 e.